The van der Waals surface area contributed by atoms with Gasteiger partial charge < -0.3 is 29.7 Å². The fourth-order valence-electron chi connectivity index (χ4n) is 7.69. The lowest BCUT2D eigenvalue weighted by Crippen LogP contribution is -2.57. The minimum atomic E-state index is -2.66. The number of amides is 4. The number of nitrogens with zero attached hydrogens (tertiary/aromatic N) is 4. The molecule has 4 heterocycles. The van der Waals surface area contributed by atoms with Crippen molar-refractivity contribution in [3.63, 3.8) is 0 Å². The molecule has 3 fully saturated rings. The number of carbonyl (C=O) groups excluding carboxylic acids is 4. The number of fused-ring (bicyclic) bond motifs is 3. The number of allylic oxidation sites excluding steroid dienone is 1. The molecule has 14 nitrogen and oxygen atoms in total. The lowest BCUT2D eigenvalue weighted by atomic mass is 10.0. The second-order valence-corrected chi connectivity index (χ2v) is 16.9. The number of aromatic nitrogens is 3. The first-order chi connectivity index (χ1) is 27.8. The molecule has 2 aromatic heterocycles. The first-order valence-electron chi connectivity index (χ1n) is 20.0. The van der Waals surface area contributed by atoms with Gasteiger partial charge in [0.2, 0.25) is 17.7 Å². The molecule has 17 heteroatoms. The van der Waals surface area contributed by atoms with Crippen LogP contribution < -0.4 is 29.6 Å². The van der Waals surface area contributed by atoms with Crippen LogP contribution in [0.2, 0.25) is 0 Å². The Morgan fingerprint density at radius 2 is 1.91 bits per heavy atom. The molecule has 0 radical (unpaired) electrons. The Hall–Kier alpha value is -4.93. The van der Waals surface area contributed by atoms with Gasteiger partial charge in [0.15, 0.2) is 0 Å². The summed E-state index contributed by atoms with van der Waals surface area (Å²) in [7, 11) is 1.58. The number of rotatable bonds is 12. The molecule has 1 aromatic carbocycles. The number of carbonyl (C=O) groups is 4. The minimum absolute atomic E-state index is 0.00824. The van der Waals surface area contributed by atoms with E-state index in [0.29, 0.717) is 46.4 Å². The highest BCUT2D eigenvalue weighted by Gasteiger charge is 2.61. The van der Waals surface area contributed by atoms with Crippen LogP contribution in [0.1, 0.15) is 87.7 Å². The number of halogens is 2. The second-order valence-electron chi connectivity index (χ2n) is 15.8. The molecule has 7 rings (SSSR count). The van der Waals surface area contributed by atoms with E-state index in [-0.39, 0.29) is 43.0 Å². The van der Waals surface area contributed by atoms with Crippen molar-refractivity contribution < 1.29 is 42.2 Å². The fraction of sp³-hybridized carbons (Fsp3) is 0.561. The van der Waals surface area contributed by atoms with Crippen LogP contribution in [-0.2, 0) is 20.9 Å². The van der Waals surface area contributed by atoms with Crippen molar-refractivity contribution in [1.29, 1.82) is 0 Å². The first-order valence-corrected chi connectivity index (χ1v) is 20.9. The number of methoxy groups -OCH3 is 1. The average Bonchev–Trinajstić information content (AvgIpc) is 4.04. The van der Waals surface area contributed by atoms with Crippen molar-refractivity contribution in [2.24, 2.45) is 5.92 Å². The number of hydrogen-bond donors (Lipinski definition) is 3. The van der Waals surface area contributed by atoms with Crippen LogP contribution in [0, 0.1) is 12.8 Å². The maximum atomic E-state index is 14.7. The molecular weight excluding hydrogens is 773 g/mol. The van der Waals surface area contributed by atoms with Gasteiger partial charge in [-0.1, -0.05) is 25.0 Å². The zero-order valence-corrected chi connectivity index (χ0v) is 34.0. The standard InChI is InChI=1S/C41H51F2N7O7S/c1-23(2)56-35-19-33(28-14-15-32(55-4)24(3)36(28)45-35)57-26-18-31-38(52)46-41(40(54)48-58-27-12-13-27)20-25(41)10-8-6-5-7-9-11-30(39(53)50(31)21-26)44-37(51)29-16-17-49(47-29)22-34(42)43/h8,10,14-17,19,23,25-27,30-31,34H,5-7,9,11-13,18,20-22H2,1-4H3,(H,44,51)(H,46,52)(H,48,54)/b10-8-/t25-,26-,30+,31+,41-/m1/s1. The van der Waals surface area contributed by atoms with Crippen LogP contribution in [0.4, 0.5) is 8.78 Å². The zero-order valence-electron chi connectivity index (χ0n) is 33.2. The summed E-state index contributed by atoms with van der Waals surface area (Å²) in [5, 5.41) is 10.9. The monoisotopic (exact) mass is 823 g/mol. The van der Waals surface area contributed by atoms with Gasteiger partial charge in [0.05, 0.1) is 25.3 Å². The normalized spacial score (nSPS) is 25.6. The quantitative estimate of drug-likeness (QED) is 0.162. The average molecular weight is 824 g/mol. The smallest absolute Gasteiger partial charge is 0.272 e. The Bertz CT molecular complexity index is 2060. The minimum Gasteiger partial charge on any atom is -0.496 e. The van der Waals surface area contributed by atoms with E-state index in [1.807, 2.05) is 45.1 Å². The summed E-state index contributed by atoms with van der Waals surface area (Å²) in [4.78, 5) is 62.7. The fourth-order valence-corrected chi connectivity index (χ4v) is 8.52. The van der Waals surface area contributed by atoms with Gasteiger partial charge in [0.25, 0.3) is 18.2 Å². The lowest BCUT2D eigenvalue weighted by molar-refractivity contribution is -0.141. The van der Waals surface area contributed by atoms with Gasteiger partial charge >= 0.3 is 0 Å². The SMILES string of the molecule is COc1ccc2c(O[C@@H]3C[C@H]4C(=O)N[C@]5(C(=O)NSC6CC6)C[C@H]5/C=C\CCCCC[C@H](NC(=O)c5ccn(CC(F)F)n5)C(=O)N4C3)cc(OC(C)C)nc2c1C. The molecule has 2 aliphatic heterocycles. The molecule has 0 bridgehead atoms. The van der Waals surface area contributed by atoms with Gasteiger partial charge in [-0.25, -0.2) is 13.8 Å². The summed E-state index contributed by atoms with van der Waals surface area (Å²) in [5.41, 5.74) is 0.105. The summed E-state index contributed by atoms with van der Waals surface area (Å²) in [6, 6.07) is 4.56. The Morgan fingerprint density at radius 1 is 1.10 bits per heavy atom. The summed E-state index contributed by atoms with van der Waals surface area (Å²) >= 11 is 1.38. The Balaban J connectivity index is 1.21. The van der Waals surface area contributed by atoms with E-state index in [9.17, 15) is 28.0 Å². The van der Waals surface area contributed by atoms with Gasteiger partial charge in [-0.2, -0.15) is 5.10 Å². The number of alkyl halides is 2. The third-order valence-electron chi connectivity index (χ3n) is 11.0. The van der Waals surface area contributed by atoms with Crippen LogP contribution >= 0.6 is 11.9 Å². The largest absolute Gasteiger partial charge is 0.496 e. The van der Waals surface area contributed by atoms with Crippen molar-refractivity contribution >= 4 is 46.5 Å². The lowest BCUT2D eigenvalue weighted by Gasteiger charge is -2.29. The Kier molecular flexibility index (Phi) is 12.4. The zero-order chi connectivity index (χ0) is 41.1. The molecule has 3 aromatic rings. The molecule has 58 heavy (non-hydrogen) atoms. The van der Waals surface area contributed by atoms with Crippen LogP contribution in [-0.4, -0.2) is 98.5 Å². The number of aryl methyl sites for hydroxylation is 1. The maximum Gasteiger partial charge on any atom is 0.272 e. The number of ether oxygens (including phenoxy) is 3. The van der Waals surface area contributed by atoms with Gasteiger partial charge in [-0.3, -0.25) is 28.6 Å². The van der Waals surface area contributed by atoms with Gasteiger partial charge in [-0.15, -0.1) is 0 Å². The van der Waals surface area contributed by atoms with Gasteiger partial charge in [0.1, 0.15) is 47.5 Å². The molecule has 0 spiro atoms. The van der Waals surface area contributed by atoms with Crippen molar-refractivity contribution in [2.75, 3.05) is 13.7 Å². The van der Waals surface area contributed by atoms with Crippen LogP contribution in [0.15, 0.2) is 42.6 Å². The molecule has 4 aliphatic rings. The van der Waals surface area contributed by atoms with E-state index in [2.05, 4.69) is 20.5 Å². The third-order valence-corrected chi connectivity index (χ3v) is 12.1. The van der Waals surface area contributed by atoms with E-state index in [1.54, 1.807) is 13.2 Å². The van der Waals surface area contributed by atoms with Gasteiger partial charge in [0, 0.05) is 40.8 Å². The molecule has 3 N–H and O–H groups in total. The van der Waals surface area contributed by atoms with Crippen molar-refractivity contribution in [3.8, 4) is 17.4 Å². The van der Waals surface area contributed by atoms with Crippen LogP contribution in [0.25, 0.3) is 10.9 Å². The number of nitrogens with one attached hydrogen (secondary N) is 3. The summed E-state index contributed by atoms with van der Waals surface area (Å²) in [6.07, 6.45) is 7.53. The van der Waals surface area contributed by atoms with E-state index in [4.69, 9.17) is 19.2 Å². The van der Waals surface area contributed by atoms with Crippen LogP contribution in [0.3, 0.4) is 0 Å². The highest BCUT2D eigenvalue weighted by molar-refractivity contribution is 7.98. The molecule has 312 valence electrons. The molecule has 4 amide bonds. The summed E-state index contributed by atoms with van der Waals surface area (Å²) < 4.78 is 48.3. The van der Waals surface area contributed by atoms with E-state index < -0.39 is 54.4 Å². The molecule has 2 saturated carbocycles. The highest BCUT2D eigenvalue weighted by atomic mass is 32.2. The summed E-state index contributed by atoms with van der Waals surface area (Å²) in [5.74, 6) is -0.776. The predicted octanol–water partition coefficient (Wildman–Crippen LogP) is 5.27. The number of pyridine rings is 1. The third kappa shape index (κ3) is 9.34. The number of hydrogen-bond acceptors (Lipinski definition) is 10. The second kappa shape index (κ2) is 17.5. The molecule has 1 saturated heterocycles. The molecular formula is C41H51F2N7O7S. The number of benzene rings is 1. The molecule has 0 unspecified atom stereocenters. The van der Waals surface area contributed by atoms with E-state index in [1.165, 1.54) is 29.1 Å². The first kappa shape index (κ1) is 41.2. The highest BCUT2D eigenvalue weighted by Crippen LogP contribution is 2.46. The molecule has 5 atom stereocenters. The topological polar surface area (TPSA) is 166 Å². The Morgan fingerprint density at radius 3 is 2.66 bits per heavy atom. The van der Waals surface area contributed by atoms with Crippen LogP contribution in [0.5, 0.6) is 17.4 Å². The van der Waals surface area contributed by atoms with Crippen molar-refractivity contribution in [1.82, 2.24) is 35.0 Å². The van der Waals surface area contributed by atoms with E-state index in [0.717, 1.165) is 42.3 Å². The van der Waals surface area contributed by atoms with Crippen molar-refractivity contribution in [2.45, 2.75) is 127 Å². The Labute approximate surface area is 340 Å². The van der Waals surface area contributed by atoms with E-state index >= 15 is 0 Å². The maximum absolute atomic E-state index is 14.7. The molecule has 2 aliphatic carbocycles. The van der Waals surface area contributed by atoms with Gasteiger partial charge in [-0.05, 0) is 89.4 Å². The van der Waals surface area contributed by atoms with Crippen molar-refractivity contribution in [3.05, 3.63) is 53.9 Å². The predicted molar refractivity (Wildman–Crippen MR) is 213 cm³/mol. The summed E-state index contributed by atoms with van der Waals surface area (Å²) in [6.45, 7) is 4.98.